The predicted octanol–water partition coefficient (Wildman–Crippen LogP) is 0.0694. The highest BCUT2D eigenvalue weighted by Crippen LogP contribution is 2.41. The van der Waals surface area contributed by atoms with Crippen LogP contribution >= 0.6 is 0 Å². The van der Waals surface area contributed by atoms with Gasteiger partial charge in [-0.05, 0) is 18.9 Å². The number of aromatic nitrogens is 3. The Bertz CT molecular complexity index is 340. The number of hydrogen-bond donors (Lipinski definition) is 1. The zero-order valence-corrected chi connectivity index (χ0v) is 7.81. The Hall–Kier alpha value is -1.65. The van der Waals surface area contributed by atoms with Crippen molar-refractivity contribution in [3.63, 3.8) is 0 Å². The Labute approximate surface area is 81.8 Å². The molecular weight excluding hydrogens is 180 g/mol. The van der Waals surface area contributed by atoms with E-state index in [9.17, 15) is 4.79 Å². The van der Waals surface area contributed by atoms with E-state index < -0.39 is 0 Å². The summed E-state index contributed by atoms with van der Waals surface area (Å²) in [6.07, 6.45) is 6.82. The van der Waals surface area contributed by atoms with E-state index in [0.29, 0.717) is 6.54 Å². The fourth-order valence-corrected chi connectivity index (χ4v) is 1.42. The van der Waals surface area contributed by atoms with Gasteiger partial charge in [0.2, 0.25) is 5.91 Å². The van der Waals surface area contributed by atoms with E-state index in [0.717, 1.165) is 12.8 Å². The van der Waals surface area contributed by atoms with Crippen LogP contribution in [0, 0.1) is 0 Å². The SMILES string of the molecule is C=CC(=O)NCC1(n2ccnn2)CC1. The van der Waals surface area contributed by atoms with E-state index in [4.69, 9.17) is 0 Å². The van der Waals surface area contributed by atoms with Gasteiger partial charge in [-0.1, -0.05) is 11.8 Å². The molecule has 1 aromatic rings. The minimum Gasteiger partial charge on any atom is -0.350 e. The average Bonchev–Trinajstić information content (AvgIpc) is 2.79. The number of carbonyl (C=O) groups is 1. The van der Waals surface area contributed by atoms with Gasteiger partial charge in [-0.25, -0.2) is 4.68 Å². The van der Waals surface area contributed by atoms with Crippen LogP contribution in [0.2, 0.25) is 0 Å². The maximum absolute atomic E-state index is 11.0. The molecular formula is C9H12N4O. The summed E-state index contributed by atoms with van der Waals surface area (Å²) in [7, 11) is 0. The largest absolute Gasteiger partial charge is 0.350 e. The van der Waals surface area contributed by atoms with Crippen molar-refractivity contribution in [1.29, 1.82) is 0 Å². The lowest BCUT2D eigenvalue weighted by Gasteiger charge is -2.14. The molecule has 1 N–H and O–H groups in total. The van der Waals surface area contributed by atoms with Crippen molar-refractivity contribution < 1.29 is 4.79 Å². The van der Waals surface area contributed by atoms with E-state index in [2.05, 4.69) is 22.2 Å². The number of nitrogens with one attached hydrogen (secondary N) is 1. The molecule has 1 aliphatic rings. The Morgan fingerprint density at radius 3 is 3.00 bits per heavy atom. The summed E-state index contributed by atoms with van der Waals surface area (Å²) in [5, 5.41) is 10.5. The standard InChI is InChI=1S/C9H12N4O/c1-2-8(14)10-7-9(3-4-9)13-6-5-11-12-13/h2,5-6H,1,3-4,7H2,(H,10,14). The number of hydrogen-bond acceptors (Lipinski definition) is 3. The van der Waals surface area contributed by atoms with Crippen LogP contribution in [0.3, 0.4) is 0 Å². The fourth-order valence-electron chi connectivity index (χ4n) is 1.42. The summed E-state index contributed by atoms with van der Waals surface area (Å²) in [5.74, 6) is -0.142. The van der Waals surface area contributed by atoms with Crippen LogP contribution in [0.1, 0.15) is 12.8 Å². The van der Waals surface area contributed by atoms with Gasteiger partial charge in [0.15, 0.2) is 0 Å². The molecule has 0 aromatic carbocycles. The molecule has 0 bridgehead atoms. The molecule has 14 heavy (non-hydrogen) atoms. The molecule has 0 atom stereocenters. The first-order valence-corrected chi connectivity index (χ1v) is 4.54. The van der Waals surface area contributed by atoms with Crippen LogP contribution in [-0.2, 0) is 10.3 Å². The molecule has 5 heteroatoms. The van der Waals surface area contributed by atoms with Crippen LogP contribution in [0.4, 0.5) is 0 Å². The van der Waals surface area contributed by atoms with Crippen molar-refractivity contribution in [3.05, 3.63) is 25.0 Å². The number of carbonyl (C=O) groups excluding carboxylic acids is 1. The van der Waals surface area contributed by atoms with Gasteiger partial charge in [-0.3, -0.25) is 4.79 Å². The van der Waals surface area contributed by atoms with Crippen LogP contribution in [-0.4, -0.2) is 27.4 Å². The second-order valence-corrected chi connectivity index (χ2v) is 3.49. The van der Waals surface area contributed by atoms with Gasteiger partial charge in [0, 0.05) is 12.7 Å². The van der Waals surface area contributed by atoms with Crippen LogP contribution in [0.5, 0.6) is 0 Å². The Kier molecular flexibility index (Phi) is 2.07. The molecule has 5 nitrogen and oxygen atoms in total. The fraction of sp³-hybridized carbons (Fsp3) is 0.444. The molecule has 0 radical (unpaired) electrons. The first-order valence-electron chi connectivity index (χ1n) is 4.54. The van der Waals surface area contributed by atoms with Crippen LogP contribution < -0.4 is 5.32 Å². The van der Waals surface area contributed by atoms with Gasteiger partial charge >= 0.3 is 0 Å². The first-order chi connectivity index (χ1) is 6.77. The molecule has 0 saturated heterocycles. The number of nitrogens with zero attached hydrogens (tertiary/aromatic N) is 3. The average molecular weight is 192 g/mol. The van der Waals surface area contributed by atoms with Crippen molar-refractivity contribution in [2.24, 2.45) is 0 Å². The zero-order valence-electron chi connectivity index (χ0n) is 7.81. The second kappa shape index (κ2) is 3.25. The third kappa shape index (κ3) is 1.53. The Morgan fingerprint density at radius 1 is 1.71 bits per heavy atom. The molecule has 1 fully saturated rings. The smallest absolute Gasteiger partial charge is 0.243 e. The molecule has 0 spiro atoms. The summed E-state index contributed by atoms with van der Waals surface area (Å²) in [6.45, 7) is 4.00. The molecule has 1 saturated carbocycles. The zero-order chi connectivity index (χ0) is 10.0. The molecule has 0 unspecified atom stereocenters. The maximum atomic E-state index is 11.0. The topological polar surface area (TPSA) is 59.8 Å². The predicted molar refractivity (Wildman–Crippen MR) is 50.4 cm³/mol. The van der Waals surface area contributed by atoms with Gasteiger partial charge in [0.25, 0.3) is 0 Å². The van der Waals surface area contributed by atoms with Gasteiger partial charge in [0.05, 0.1) is 11.7 Å². The van der Waals surface area contributed by atoms with Crippen molar-refractivity contribution in [3.8, 4) is 0 Å². The lowest BCUT2D eigenvalue weighted by molar-refractivity contribution is -0.116. The van der Waals surface area contributed by atoms with Crippen molar-refractivity contribution >= 4 is 5.91 Å². The number of rotatable bonds is 4. The molecule has 2 rings (SSSR count). The monoisotopic (exact) mass is 192 g/mol. The molecule has 1 amide bonds. The highest BCUT2D eigenvalue weighted by atomic mass is 16.1. The highest BCUT2D eigenvalue weighted by Gasteiger charge is 2.45. The van der Waals surface area contributed by atoms with E-state index >= 15 is 0 Å². The van der Waals surface area contributed by atoms with Gasteiger partial charge in [-0.2, -0.15) is 0 Å². The van der Waals surface area contributed by atoms with Gasteiger partial charge < -0.3 is 5.32 Å². The lowest BCUT2D eigenvalue weighted by Crippen LogP contribution is -2.35. The summed E-state index contributed by atoms with van der Waals surface area (Å²) >= 11 is 0. The third-order valence-corrected chi connectivity index (χ3v) is 2.51. The molecule has 1 heterocycles. The van der Waals surface area contributed by atoms with E-state index in [1.165, 1.54) is 6.08 Å². The number of amides is 1. The van der Waals surface area contributed by atoms with Crippen molar-refractivity contribution in [1.82, 2.24) is 20.3 Å². The van der Waals surface area contributed by atoms with E-state index in [1.807, 2.05) is 10.9 Å². The molecule has 1 aliphatic carbocycles. The Morgan fingerprint density at radius 2 is 2.50 bits per heavy atom. The van der Waals surface area contributed by atoms with Crippen LogP contribution in [0.25, 0.3) is 0 Å². The highest BCUT2D eigenvalue weighted by molar-refractivity contribution is 5.86. The lowest BCUT2D eigenvalue weighted by atomic mass is 10.3. The molecule has 1 aromatic heterocycles. The third-order valence-electron chi connectivity index (χ3n) is 2.51. The minimum absolute atomic E-state index is 0.0326. The summed E-state index contributed by atoms with van der Waals surface area (Å²) < 4.78 is 1.82. The quantitative estimate of drug-likeness (QED) is 0.687. The summed E-state index contributed by atoms with van der Waals surface area (Å²) in [4.78, 5) is 11.0. The first kappa shape index (κ1) is 8.93. The van der Waals surface area contributed by atoms with Crippen LogP contribution in [0.15, 0.2) is 25.0 Å². The minimum atomic E-state index is -0.142. The summed E-state index contributed by atoms with van der Waals surface area (Å²) in [6, 6.07) is 0. The second-order valence-electron chi connectivity index (χ2n) is 3.49. The summed E-state index contributed by atoms with van der Waals surface area (Å²) in [5.41, 5.74) is -0.0326. The normalized spacial score (nSPS) is 17.4. The maximum Gasteiger partial charge on any atom is 0.243 e. The van der Waals surface area contributed by atoms with Crippen molar-refractivity contribution in [2.75, 3.05) is 6.54 Å². The van der Waals surface area contributed by atoms with Gasteiger partial charge in [0.1, 0.15) is 0 Å². The van der Waals surface area contributed by atoms with Gasteiger partial charge in [-0.15, -0.1) is 5.10 Å². The van der Waals surface area contributed by atoms with Crippen molar-refractivity contribution in [2.45, 2.75) is 18.4 Å². The molecule has 0 aliphatic heterocycles. The molecule has 74 valence electrons. The Balaban J connectivity index is 1.98. The van der Waals surface area contributed by atoms with E-state index in [1.54, 1.807) is 6.20 Å². The van der Waals surface area contributed by atoms with E-state index in [-0.39, 0.29) is 11.4 Å².